The van der Waals surface area contributed by atoms with Crippen LogP contribution < -0.4 is 5.32 Å². The lowest BCUT2D eigenvalue weighted by atomic mass is 10.0. The highest BCUT2D eigenvalue weighted by molar-refractivity contribution is 7.91. The molecule has 0 radical (unpaired) electrons. The van der Waals surface area contributed by atoms with Crippen molar-refractivity contribution in [2.75, 3.05) is 11.5 Å². The molecule has 1 aliphatic rings. The van der Waals surface area contributed by atoms with Crippen LogP contribution in [0.25, 0.3) is 15.9 Å². The fraction of sp³-hybridized carbons (Fsp3) is 0.227. The Hall–Kier alpha value is -3.04. The third kappa shape index (κ3) is 4.24. The largest absolute Gasteiger partial charge is 0.347 e. The molecule has 0 bridgehead atoms. The van der Waals surface area contributed by atoms with Crippen molar-refractivity contribution in [3.63, 3.8) is 0 Å². The molecule has 158 valence electrons. The molecule has 0 saturated carbocycles. The number of benzene rings is 1. The number of rotatable bonds is 5. The average Bonchev–Trinajstić information content (AvgIpc) is 3.49. The highest BCUT2D eigenvalue weighted by Crippen LogP contribution is 2.27. The van der Waals surface area contributed by atoms with E-state index in [0.717, 1.165) is 27.0 Å². The van der Waals surface area contributed by atoms with E-state index in [1.54, 1.807) is 22.2 Å². The maximum absolute atomic E-state index is 12.8. The van der Waals surface area contributed by atoms with Crippen molar-refractivity contribution in [2.24, 2.45) is 0 Å². The zero-order valence-electron chi connectivity index (χ0n) is 16.6. The monoisotopic (exact) mass is 452 g/mol. The maximum atomic E-state index is 12.8. The number of sulfone groups is 1. The Bertz CT molecular complexity index is 1340. The Kier molecular flexibility index (Phi) is 5.07. The molecule has 1 aliphatic heterocycles. The van der Waals surface area contributed by atoms with Gasteiger partial charge in [-0.3, -0.25) is 4.79 Å². The molecule has 7 nitrogen and oxygen atoms in total. The fourth-order valence-corrected chi connectivity index (χ4v) is 6.37. The molecular weight excluding hydrogens is 432 g/mol. The minimum atomic E-state index is -3.06. The topological polar surface area (TPSA) is 94.0 Å². The van der Waals surface area contributed by atoms with Crippen LogP contribution >= 0.6 is 11.3 Å². The maximum Gasteiger partial charge on any atom is 0.270 e. The van der Waals surface area contributed by atoms with E-state index in [4.69, 9.17) is 0 Å². The van der Waals surface area contributed by atoms with E-state index in [-0.39, 0.29) is 23.5 Å². The second kappa shape index (κ2) is 7.90. The predicted octanol–water partition coefficient (Wildman–Crippen LogP) is 2.99. The van der Waals surface area contributed by atoms with Crippen LogP contribution in [0.15, 0.2) is 60.2 Å². The lowest BCUT2D eigenvalue weighted by Gasteiger charge is -2.12. The van der Waals surface area contributed by atoms with Crippen LogP contribution in [0.5, 0.6) is 0 Å². The summed E-state index contributed by atoms with van der Waals surface area (Å²) in [6, 6.07) is 13.4. The van der Waals surface area contributed by atoms with E-state index < -0.39 is 9.84 Å². The molecule has 4 aromatic rings. The van der Waals surface area contributed by atoms with Crippen molar-refractivity contribution in [3.8, 4) is 5.69 Å². The van der Waals surface area contributed by atoms with Crippen LogP contribution in [-0.2, 0) is 16.3 Å². The van der Waals surface area contributed by atoms with E-state index in [2.05, 4.69) is 27.5 Å². The number of thiophene rings is 1. The highest BCUT2D eigenvalue weighted by Gasteiger charge is 2.29. The lowest BCUT2D eigenvalue weighted by Crippen LogP contribution is -2.36. The minimum absolute atomic E-state index is 0.00507. The number of amides is 1. The average molecular weight is 453 g/mol. The summed E-state index contributed by atoms with van der Waals surface area (Å²) in [6.45, 7) is 0. The van der Waals surface area contributed by atoms with Crippen molar-refractivity contribution >= 4 is 37.3 Å². The summed E-state index contributed by atoms with van der Waals surface area (Å²) < 4.78 is 26.2. The smallest absolute Gasteiger partial charge is 0.270 e. The molecule has 3 aromatic heterocycles. The Balaban J connectivity index is 1.40. The molecule has 9 heteroatoms. The van der Waals surface area contributed by atoms with Crippen LogP contribution in [0.4, 0.5) is 0 Å². The number of fused-ring (bicyclic) bond motifs is 1. The third-order valence-electron chi connectivity index (χ3n) is 5.39. The first-order valence-corrected chi connectivity index (χ1v) is 12.6. The highest BCUT2D eigenvalue weighted by atomic mass is 32.2. The Morgan fingerprint density at radius 3 is 2.77 bits per heavy atom. The second-order valence-corrected chi connectivity index (χ2v) is 10.8. The third-order valence-corrected chi connectivity index (χ3v) is 8.14. The van der Waals surface area contributed by atoms with E-state index in [0.29, 0.717) is 18.5 Å². The van der Waals surface area contributed by atoms with Gasteiger partial charge in [-0.25, -0.2) is 18.1 Å². The number of carbonyl (C=O) groups is 1. The van der Waals surface area contributed by atoms with Gasteiger partial charge in [-0.2, -0.15) is 5.10 Å². The SMILES string of the molecule is O=C(NC1CCS(=O)(=O)C1)c1cc(Cc2ccc(-n3cccn3)cc2)c2sccc2n1. The molecule has 5 rings (SSSR count). The Labute approximate surface area is 183 Å². The summed E-state index contributed by atoms with van der Waals surface area (Å²) in [5, 5.41) is 9.04. The summed E-state index contributed by atoms with van der Waals surface area (Å²) in [7, 11) is -3.06. The number of nitrogens with zero attached hydrogens (tertiary/aromatic N) is 3. The quantitative estimate of drug-likeness (QED) is 0.502. The molecule has 1 unspecified atom stereocenters. The Morgan fingerprint density at radius 1 is 1.23 bits per heavy atom. The molecule has 1 aromatic carbocycles. The molecule has 1 saturated heterocycles. The first-order valence-electron chi connectivity index (χ1n) is 9.94. The Morgan fingerprint density at radius 2 is 2.06 bits per heavy atom. The van der Waals surface area contributed by atoms with Gasteiger partial charge in [-0.15, -0.1) is 11.3 Å². The standard InChI is InChI=1S/C22H20N4O3S2/c27-22(24-17-7-11-31(28,29)14-17)20-13-16(21-19(25-20)6-10-30-21)12-15-2-4-18(5-3-15)26-9-1-8-23-26/h1-6,8-10,13,17H,7,11-12,14H2,(H,24,27). The molecular formula is C22H20N4O3S2. The molecule has 1 atom stereocenters. The molecule has 1 amide bonds. The van der Waals surface area contributed by atoms with Crippen LogP contribution in [-0.4, -0.2) is 46.6 Å². The number of pyridine rings is 1. The van der Waals surface area contributed by atoms with Gasteiger partial charge in [0.2, 0.25) is 0 Å². The van der Waals surface area contributed by atoms with E-state index in [9.17, 15) is 13.2 Å². The van der Waals surface area contributed by atoms with Gasteiger partial charge in [-0.1, -0.05) is 12.1 Å². The van der Waals surface area contributed by atoms with Gasteiger partial charge in [0.25, 0.3) is 5.91 Å². The zero-order valence-corrected chi connectivity index (χ0v) is 18.2. The predicted molar refractivity (Wildman–Crippen MR) is 121 cm³/mol. The summed E-state index contributed by atoms with van der Waals surface area (Å²) in [5.41, 5.74) is 4.22. The first-order chi connectivity index (χ1) is 15.0. The number of carbonyl (C=O) groups excluding carboxylic acids is 1. The fourth-order valence-electron chi connectivity index (χ4n) is 3.85. The van der Waals surface area contributed by atoms with Crippen molar-refractivity contribution in [3.05, 3.63) is 77.1 Å². The van der Waals surface area contributed by atoms with Gasteiger partial charge in [0.1, 0.15) is 5.69 Å². The number of hydrogen-bond acceptors (Lipinski definition) is 6. The van der Waals surface area contributed by atoms with E-state index in [1.807, 2.05) is 41.9 Å². The van der Waals surface area contributed by atoms with Crippen LogP contribution in [0.2, 0.25) is 0 Å². The van der Waals surface area contributed by atoms with Crippen LogP contribution in [0.1, 0.15) is 28.0 Å². The lowest BCUT2D eigenvalue weighted by molar-refractivity contribution is 0.0936. The molecule has 1 N–H and O–H groups in total. The normalized spacial score (nSPS) is 17.7. The van der Waals surface area contributed by atoms with Crippen LogP contribution in [0.3, 0.4) is 0 Å². The van der Waals surface area contributed by atoms with Crippen molar-refractivity contribution in [1.82, 2.24) is 20.1 Å². The van der Waals surface area contributed by atoms with Crippen LogP contribution in [0, 0.1) is 0 Å². The molecule has 31 heavy (non-hydrogen) atoms. The van der Waals surface area contributed by atoms with Gasteiger partial charge in [0.15, 0.2) is 9.84 Å². The summed E-state index contributed by atoms with van der Waals surface area (Å²) in [4.78, 5) is 17.3. The summed E-state index contributed by atoms with van der Waals surface area (Å²) in [5.74, 6) is -0.214. The molecule has 0 spiro atoms. The summed E-state index contributed by atoms with van der Waals surface area (Å²) in [6.07, 6.45) is 4.75. The van der Waals surface area contributed by atoms with Gasteiger partial charge in [-0.05, 0) is 59.7 Å². The number of nitrogens with one attached hydrogen (secondary N) is 1. The zero-order chi connectivity index (χ0) is 21.4. The molecule has 4 heterocycles. The molecule has 1 fully saturated rings. The van der Waals surface area contributed by atoms with Gasteiger partial charge >= 0.3 is 0 Å². The van der Waals surface area contributed by atoms with Crippen molar-refractivity contribution < 1.29 is 13.2 Å². The van der Waals surface area contributed by atoms with Gasteiger partial charge in [0, 0.05) is 18.4 Å². The number of aromatic nitrogens is 3. The van der Waals surface area contributed by atoms with Crippen molar-refractivity contribution in [2.45, 2.75) is 18.9 Å². The summed E-state index contributed by atoms with van der Waals surface area (Å²) >= 11 is 1.60. The molecule has 0 aliphatic carbocycles. The van der Waals surface area contributed by atoms with E-state index >= 15 is 0 Å². The van der Waals surface area contributed by atoms with Crippen molar-refractivity contribution in [1.29, 1.82) is 0 Å². The number of hydrogen-bond donors (Lipinski definition) is 1. The minimum Gasteiger partial charge on any atom is -0.347 e. The first kappa shape index (κ1) is 19.9. The van der Waals surface area contributed by atoms with Gasteiger partial charge < -0.3 is 5.32 Å². The van der Waals surface area contributed by atoms with Gasteiger partial charge in [0.05, 0.1) is 27.4 Å². The van der Waals surface area contributed by atoms with E-state index in [1.165, 1.54) is 0 Å². The second-order valence-electron chi connectivity index (χ2n) is 7.67.